The Bertz CT molecular complexity index is 903. The fraction of sp³-hybridized carbons (Fsp3) is 0.440. The molecule has 1 unspecified atom stereocenters. The summed E-state index contributed by atoms with van der Waals surface area (Å²) >= 11 is 0. The fourth-order valence-corrected chi connectivity index (χ4v) is 4.95. The molecule has 3 aliphatic rings. The van der Waals surface area contributed by atoms with E-state index in [-0.39, 0.29) is 23.5 Å². The van der Waals surface area contributed by atoms with Crippen LogP contribution < -0.4 is 5.32 Å². The van der Waals surface area contributed by atoms with E-state index in [4.69, 9.17) is 0 Å². The molecule has 30 heavy (non-hydrogen) atoms. The van der Waals surface area contributed by atoms with Crippen LogP contribution in [0.4, 0.5) is 0 Å². The molecule has 2 saturated heterocycles. The zero-order valence-corrected chi connectivity index (χ0v) is 17.3. The summed E-state index contributed by atoms with van der Waals surface area (Å²) in [6, 6.07) is 20.2. The number of piperidine rings is 1. The Labute approximate surface area is 178 Å². The normalized spacial score (nSPS) is 23.2. The summed E-state index contributed by atoms with van der Waals surface area (Å²) in [7, 11) is 0. The molecule has 5 nitrogen and oxygen atoms in total. The van der Waals surface area contributed by atoms with Gasteiger partial charge in [-0.15, -0.1) is 0 Å². The molecule has 1 saturated carbocycles. The number of nitrogens with one attached hydrogen (secondary N) is 1. The van der Waals surface area contributed by atoms with Gasteiger partial charge in [0.25, 0.3) is 0 Å². The van der Waals surface area contributed by atoms with Crippen molar-refractivity contribution in [1.82, 2.24) is 15.1 Å². The van der Waals surface area contributed by atoms with Crippen molar-refractivity contribution in [2.45, 2.75) is 50.4 Å². The molecule has 1 spiro atoms. The maximum Gasteiger partial charge on any atom is 0.241 e. The largest absolute Gasteiger partial charge is 0.342 e. The van der Waals surface area contributed by atoms with Gasteiger partial charge in [-0.3, -0.25) is 14.9 Å². The van der Waals surface area contributed by atoms with Gasteiger partial charge in [0.05, 0.1) is 11.7 Å². The van der Waals surface area contributed by atoms with E-state index in [1.54, 1.807) is 0 Å². The van der Waals surface area contributed by atoms with Gasteiger partial charge in [-0.05, 0) is 30.4 Å². The molecule has 0 radical (unpaired) electrons. The number of rotatable bonds is 5. The van der Waals surface area contributed by atoms with Crippen LogP contribution in [0.5, 0.6) is 0 Å². The highest BCUT2D eigenvalue weighted by Crippen LogP contribution is 2.37. The van der Waals surface area contributed by atoms with E-state index in [1.807, 2.05) is 41.3 Å². The van der Waals surface area contributed by atoms with Crippen molar-refractivity contribution in [3.63, 3.8) is 0 Å². The van der Waals surface area contributed by atoms with E-state index >= 15 is 0 Å². The number of hydrogen-bond donors (Lipinski definition) is 1. The van der Waals surface area contributed by atoms with Crippen molar-refractivity contribution in [3.05, 3.63) is 71.8 Å². The van der Waals surface area contributed by atoms with Gasteiger partial charge >= 0.3 is 0 Å². The molecule has 5 heteroatoms. The van der Waals surface area contributed by atoms with Gasteiger partial charge < -0.3 is 9.80 Å². The van der Waals surface area contributed by atoms with E-state index in [1.165, 1.54) is 5.56 Å². The fourth-order valence-electron chi connectivity index (χ4n) is 4.95. The minimum Gasteiger partial charge on any atom is -0.342 e. The molecule has 2 aliphatic heterocycles. The molecule has 2 heterocycles. The Morgan fingerprint density at radius 1 is 0.933 bits per heavy atom. The topological polar surface area (TPSA) is 52.7 Å². The second kappa shape index (κ2) is 7.88. The number of nitrogens with zero attached hydrogens (tertiary/aromatic N) is 2. The highest BCUT2D eigenvalue weighted by Gasteiger charge is 2.52. The first kappa shape index (κ1) is 19.3. The van der Waals surface area contributed by atoms with Crippen molar-refractivity contribution in [3.8, 4) is 0 Å². The lowest BCUT2D eigenvalue weighted by Gasteiger charge is -2.45. The average molecular weight is 404 g/mol. The zero-order valence-electron chi connectivity index (χ0n) is 17.3. The number of likely N-dealkylation sites (tertiary alicyclic amines) is 1. The number of hydrogen-bond acceptors (Lipinski definition) is 3. The number of carbonyl (C=O) groups excluding carboxylic acids is 2. The van der Waals surface area contributed by atoms with Crippen LogP contribution in [0.25, 0.3) is 0 Å². The zero-order chi connectivity index (χ0) is 20.6. The summed E-state index contributed by atoms with van der Waals surface area (Å²) in [4.78, 5) is 30.1. The van der Waals surface area contributed by atoms with Crippen LogP contribution in [-0.2, 0) is 22.6 Å². The minimum absolute atomic E-state index is 0.171. The van der Waals surface area contributed by atoms with Gasteiger partial charge in [0, 0.05) is 38.4 Å². The maximum atomic E-state index is 13.5. The predicted octanol–water partition coefficient (Wildman–Crippen LogP) is 2.96. The average Bonchev–Trinajstić information content (AvgIpc) is 3.60. The molecule has 2 aromatic carbocycles. The van der Waals surface area contributed by atoms with Gasteiger partial charge in [-0.25, -0.2) is 0 Å². The summed E-state index contributed by atoms with van der Waals surface area (Å²) < 4.78 is 0. The predicted molar refractivity (Wildman–Crippen MR) is 115 cm³/mol. The van der Waals surface area contributed by atoms with E-state index in [2.05, 4.69) is 34.5 Å². The first-order chi connectivity index (χ1) is 14.6. The Morgan fingerprint density at radius 3 is 2.13 bits per heavy atom. The molecule has 0 bridgehead atoms. The van der Waals surface area contributed by atoms with E-state index in [0.717, 1.165) is 44.3 Å². The molecule has 5 rings (SSSR count). The van der Waals surface area contributed by atoms with E-state index in [0.29, 0.717) is 18.9 Å². The van der Waals surface area contributed by atoms with Crippen molar-refractivity contribution in [2.75, 3.05) is 13.1 Å². The number of benzene rings is 2. The quantitative estimate of drug-likeness (QED) is 0.835. The smallest absolute Gasteiger partial charge is 0.241 e. The lowest BCUT2D eigenvalue weighted by molar-refractivity contribution is -0.138. The highest BCUT2D eigenvalue weighted by atomic mass is 16.2. The molecule has 1 N–H and O–H groups in total. The Hall–Kier alpha value is -2.66. The molecule has 2 amide bonds. The molecular formula is C25H29N3O2. The minimum atomic E-state index is -0.368. The second-order valence-corrected chi connectivity index (χ2v) is 8.93. The number of carbonyl (C=O) groups is 2. The number of amides is 2. The van der Waals surface area contributed by atoms with Crippen LogP contribution in [-0.4, -0.2) is 46.4 Å². The van der Waals surface area contributed by atoms with Gasteiger partial charge in [0.2, 0.25) is 11.8 Å². The molecule has 0 aromatic heterocycles. The molecule has 2 aromatic rings. The third-order valence-corrected chi connectivity index (χ3v) is 6.82. The summed E-state index contributed by atoms with van der Waals surface area (Å²) in [5, 5.41) is 3.72. The van der Waals surface area contributed by atoms with Crippen molar-refractivity contribution in [1.29, 1.82) is 0 Å². The highest BCUT2D eigenvalue weighted by molar-refractivity contribution is 5.86. The van der Waals surface area contributed by atoms with E-state index < -0.39 is 0 Å². The first-order valence-corrected chi connectivity index (χ1v) is 11.1. The van der Waals surface area contributed by atoms with Gasteiger partial charge in [-0.1, -0.05) is 60.7 Å². The molecule has 156 valence electrons. The summed E-state index contributed by atoms with van der Waals surface area (Å²) in [5.41, 5.74) is 1.94. The third-order valence-electron chi connectivity index (χ3n) is 6.82. The Kier molecular flexibility index (Phi) is 5.07. The summed E-state index contributed by atoms with van der Waals surface area (Å²) in [5.74, 6) is 0.734. The third kappa shape index (κ3) is 3.74. The van der Waals surface area contributed by atoms with Crippen LogP contribution in [0.1, 0.15) is 36.8 Å². The molecule has 1 aliphatic carbocycles. The summed E-state index contributed by atoms with van der Waals surface area (Å²) in [6.07, 6.45) is 4.34. The van der Waals surface area contributed by atoms with Crippen LogP contribution in [0.3, 0.4) is 0 Å². The molecular weight excluding hydrogens is 374 g/mol. The van der Waals surface area contributed by atoms with Gasteiger partial charge in [0.1, 0.15) is 0 Å². The second-order valence-electron chi connectivity index (χ2n) is 8.93. The lowest BCUT2D eigenvalue weighted by atomic mass is 9.95. The monoisotopic (exact) mass is 403 g/mol. The summed E-state index contributed by atoms with van der Waals surface area (Å²) in [6.45, 7) is 2.05. The molecule has 3 fully saturated rings. The van der Waals surface area contributed by atoms with Crippen molar-refractivity contribution < 1.29 is 9.59 Å². The van der Waals surface area contributed by atoms with Crippen LogP contribution in [0, 0.1) is 5.92 Å². The first-order valence-electron chi connectivity index (χ1n) is 11.1. The van der Waals surface area contributed by atoms with Crippen LogP contribution in [0.15, 0.2) is 60.7 Å². The van der Waals surface area contributed by atoms with Crippen molar-refractivity contribution in [2.24, 2.45) is 5.92 Å². The van der Waals surface area contributed by atoms with Crippen LogP contribution >= 0.6 is 0 Å². The lowest BCUT2D eigenvalue weighted by Crippen LogP contribution is -2.59. The van der Waals surface area contributed by atoms with Crippen LogP contribution in [0.2, 0.25) is 0 Å². The van der Waals surface area contributed by atoms with Gasteiger partial charge in [0.15, 0.2) is 0 Å². The Morgan fingerprint density at radius 2 is 1.53 bits per heavy atom. The van der Waals surface area contributed by atoms with E-state index in [9.17, 15) is 9.59 Å². The molecule has 1 atom stereocenters. The standard InChI is InChI=1S/C25H29N3O2/c29-23(21-11-12-21)27-15-13-25(14-16-27)26-22(17-19-7-3-1-4-8-19)24(30)28(25)18-20-9-5-2-6-10-20/h1-10,21-22,26H,11-18H2. The maximum absolute atomic E-state index is 13.5. The Balaban J connectivity index is 1.36. The van der Waals surface area contributed by atoms with Crippen molar-refractivity contribution >= 4 is 11.8 Å². The van der Waals surface area contributed by atoms with Gasteiger partial charge in [-0.2, -0.15) is 0 Å². The SMILES string of the molecule is O=C(C1CC1)N1CCC2(CC1)NC(Cc1ccccc1)C(=O)N2Cc1ccccc1.